The molecule has 37 heavy (non-hydrogen) atoms. The van der Waals surface area contributed by atoms with Crippen molar-refractivity contribution < 1.29 is 24.2 Å². The van der Waals surface area contributed by atoms with Gasteiger partial charge in [0.25, 0.3) is 5.78 Å². The lowest BCUT2D eigenvalue weighted by atomic mass is 9.95. The van der Waals surface area contributed by atoms with Gasteiger partial charge in [-0.3, -0.25) is 14.5 Å². The Morgan fingerprint density at radius 1 is 1.00 bits per heavy atom. The predicted molar refractivity (Wildman–Crippen MR) is 145 cm³/mol. The van der Waals surface area contributed by atoms with E-state index in [1.54, 1.807) is 42.5 Å². The summed E-state index contributed by atoms with van der Waals surface area (Å²) in [5.41, 5.74) is 3.67. The zero-order chi connectivity index (χ0) is 26.4. The number of thiazole rings is 1. The summed E-state index contributed by atoms with van der Waals surface area (Å²) < 4.78 is 11.8. The van der Waals surface area contributed by atoms with E-state index in [0.29, 0.717) is 32.8 Å². The average molecular weight is 535 g/mol. The number of fused-ring (bicyclic) bond motifs is 1. The molecule has 7 nitrogen and oxygen atoms in total. The number of Topliss-reactive ketones (excluding diaryl/α,β-unsaturated/α-hetero) is 1. The van der Waals surface area contributed by atoms with Crippen molar-refractivity contribution in [2.45, 2.75) is 19.9 Å². The van der Waals surface area contributed by atoms with Crippen LogP contribution in [0.5, 0.6) is 11.5 Å². The fourth-order valence-electron chi connectivity index (χ4n) is 4.59. The summed E-state index contributed by atoms with van der Waals surface area (Å²) in [7, 11) is 3.03. The highest BCUT2D eigenvalue weighted by molar-refractivity contribution is 7.22. The van der Waals surface area contributed by atoms with Crippen LogP contribution in [0.25, 0.3) is 16.0 Å². The van der Waals surface area contributed by atoms with E-state index in [1.807, 2.05) is 26.0 Å². The number of aromatic nitrogens is 1. The first kappa shape index (κ1) is 24.8. The minimum Gasteiger partial charge on any atom is -0.507 e. The molecule has 1 aliphatic heterocycles. The van der Waals surface area contributed by atoms with Crippen LogP contribution in [-0.4, -0.2) is 36.0 Å². The molecule has 9 heteroatoms. The van der Waals surface area contributed by atoms with Crippen LogP contribution in [0, 0.1) is 13.8 Å². The predicted octanol–water partition coefficient (Wildman–Crippen LogP) is 6.21. The van der Waals surface area contributed by atoms with Crippen LogP contribution in [-0.2, 0) is 9.59 Å². The van der Waals surface area contributed by atoms with Gasteiger partial charge in [-0.2, -0.15) is 0 Å². The van der Waals surface area contributed by atoms with E-state index in [-0.39, 0.29) is 11.3 Å². The lowest BCUT2D eigenvalue weighted by Gasteiger charge is -2.23. The topological polar surface area (TPSA) is 89.0 Å². The summed E-state index contributed by atoms with van der Waals surface area (Å²) in [6, 6.07) is 14.6. The summed E-state index contributed by atoms with van der Waals surface area (Å²) in [6.45, 7) is 3.95. The second kappa shape index (κ2) is 9.53. The summed E-state index contributed by atoms with van der Waals surface area (Å²) in [6.07, 6.45) is 0. The lowest BCUT2D eigenvalue weighted by Crippen LogP contribution is -2.29. The van der Waals surface area contributed by atoms with Gasteiger partial charge in [-0.05, 0) is 73.0 Å². The van der Waals surface area contributed by atoms with Crippen molar-refractivity contribution in [2.75, 3.05) is 19.1 Å². The molecule has 1 amide bonds. The maximum absolute atomic E-state index is 13.5. The first-order valence-corrected chi connectivity index (χ1v) is 12.6. The number of halogens is 1. The van der Waals surface area contributed by atoms with E-state index in [9.17, 15) is 14.7 Å². The molecule has 2 heterocycles. The van der Waals surface area contributed by atoms with Crippen LogP contribution in [0.4, 0.5) is 5.13 Å². The molecule has 1 saturated heterocycles. The SMILES string of the molecule is COc1ccc([C@H]2/C(=C(\O)c3ccc(Cl)cc3)C(=O)C(=O)N2c2nc3c(C)cc(C)cc3s2)cc1OC. The molecule has 5 rings (SSSR count). The molecule has 1 aromatic heterocycles. The van der Waals surface area contributed by atoms with Gasteiger partial charge in [-0.1, -0.05) is 35.1 Å². The molecule has 1 atom stereocenters. The standard InChI is InChI=1S/C28H23ClN2O5S/c1-14-11-15(2)23-21(12-14)37-28(30-23)31-24(17-7-10-19(35-3)20(13-17)36-4)22(26(33)27(31)34)25(32)16-5-8-18(29)9-6-16/h5-13,24,32H,1-4H3/b25-22+/t24-/m0/s1. The molecule has 1 fully saturated rings. The van der Waals surface area contributed by atoms with Gasteiger partial charge >= 0.3 is 5.91 Å². The number of aryl methyl sites for hydroxylation is 2. The Morgan fingerprint density at radius 3 is 2.38 bits per heavy atom. The van der Waals surface area contributed by atoms with E-state index in [0.717, 1.165) is 21.3 Å². The molecule has 4 aromatic rings. The molecule has 1 N–H and O–H groups in total. The number of aliphatic hydroxyl groups is 1. The molecular formula is C28H23ClN2O5S. The maximum atomic E-state index is 13.5. The Labute approximate surface area is 222 Å². The Morgan fingerprint density at radius 2 is 1.70 bits per heavy atom. The van der Waals surface area contributed by atoms with Crippen LogP contribution in [0.2, 0.25) is 5.02 Å². The number of methoxy groups -OCH3 is 2. The molecule has 0 aliphatic carbocycles. The Hall–Kier alpha value is -3.88. The molecule has 188 valence electrons. The van der Waals surface area contributed by atoms with Gasteiger partial charge in [0.15, 0.2) is 16.6 Å². The van der Waals surface area contributed by atoms with Crippen molar-refractivity contribution in [3.05, 3.63) is 87.4 Å². The van der Waals surface area contributed by atoms with E-state index in [2.05, 4.69) is 0 Å². The first-order chi connectivity index (χ1) is 17.7. The van der Waals surface area contributed by atoms with Crippen LogP contribution in [0.1, 0.15) is 28.3 Å². The van der Waals surface area contributed by atoms with Crippen LogP contribution in [0.3, 0.4) is 0 Å². The third-order valence-electron chi connectivity index (χ3n) is 6.31. The van der Waals surface area contributed by atoms with E-state index in [1.165, 1.54) is 30.5 Å². The number of ketones is 1. The van der Waals surface area contributed by atoms with Crippen LogP contribution < -0.4 is 14.4 Å². The quantitative estimate of drug-likeness (QED) is 0.186. The molecule has 0 unspecified atom stereocenters. The Balaban J connectivity index is 1.76. The second-order valence-corrected chi connectivity index (χ2v) is 10.2. The monoisotopic (exact) mass is 534 g/mol. The maximum Gasteiger partial charge on any atom is 0.301 e. The zero-order valence-corrected chi connectivity index (χ0v) is 22.1. The number of ether oxygens (including phenoxy) is 2. The van der Waals surface area contributed by atoms with Crippen molar-refractivity contribution in [3.8, 4) is 11.5 Å². The third-order valence-corrected chi connectivity index (χ3v) is 7.56. The van der Waals surface area contributed by atoms with Gasteiger partial charge in [-0.25, -0.2) is 4.98 Å². The summed E-state index contributed by atoms with van der Waals surface area (Å²) in [5.74, 6) is -0.964. The summed E-state index contributed by atoms with van der Waals surface area (Å²) in [4.78, 5) is 33.1. The first-order valence-electron chi connectivity index (χ1n) is 11.4. The van der Waals surface area contributed by atoms with Crippen molar-refractivity contribution in [1.82, 2.24) is 4.98 Å². The minimum atomic E-state index is -0.947. The number of benzene rings is 3. The molecule has 0 radical (unpaired) electrons. The number of aliphatic hydroxyl groups excluding tert-OH is 1. The van der Waals surface area contributed by atoms with E-state index in [4.69, 9.17) is 26.1 Å². The number of anilines is 1. The minimum absolute atomic E-state index is 0.0494. The largest absolute Gasteiger partial charge is 0.507 e. The number of carbonyl (C=O) groups is 2. The zero-order valence-electron chi connectivity index (χ0n) is 20.5. The normalized spacial score (nSPS) is 17.0. The van der Waals surface area contributed by atoms with Crippen LogP contribution >= 0.6 is 22.9 Å². The number of hydrogen-bond donors (Lipinski definition) is 1. The van der Waals surface area contributed by atoms with E-state index >= 15 is 0 Å². The fourth-order valence-corrected chi connectivity index (χ4v) is 5.89. The lowest BCUT2D eigenvalue weighted by molar-refractivity contribution is -0.132. The number of hydrogen-bond acceptors (Lipinski definition) is 7. The Bertz CT molecular complexity index is 1590. The fraction of sp³-hybridized carbons (Fsp3) is 0.179. The molecule has 0 saturated carbocycles. The number of amides is 1. The van der Waals surface area contributed by atoms with Gasteiger partial charge < -0.3 is 14.6 Å². The second-order valence-electron chi connectivity index (χ2n) is 8.72. The van der Waals surface area contributed by atoms with Crippen molar-refractivity contribution in [2.24, 2.45) is 0 Å². The van der Waals surface area contributed by atoms with Crippen molar-refractivity contribution in [1.29, 1.82) is 0 Å². The smallest absolute Gasteiger partial charge is 0.301 e. The number of nitrogens with zero attached hydrogens (tertiary/aromatic N) is 2. The van der Waals surface area contributed by atoms with Gasteiger partial charge in [0.1, 0.15) is 5.76 Å². The summed E-state index contributed by atoms with van der Waals surface area (Å²) >= 11 is 7.34. The molecule has 0 spiro atoms. The van der Waals surface area contributed by atoms with Gasteiger partial charge in [0.05, 0.1) is 36.1 Å². The van der Waals surface area contributed by atoms with Crippen molar-refractivity contribution >= 4 is 55.7 Å². The van der Waals surface area contributed by atoms with Gasteiger partial charge in [-0.15, -0.1) is 0 Å². The third kappa shape index (κ3) is 4.22. The molecule has 1 aliphatic rings. The van der Waals surface area contributed by atoms with Crippen LogP contribution in [0.15, 0.2) is 60.2 Å². The van der Waals surface area contributed by atoms with Gasteiger partial charge in [0.2, 0.25) is 0 Å². The molecular weight excluding hydrogens is 512 g/mol. The number of carbonyl (C=O) groups excluding carboxylic acids is 2. The highest BCUT2D eigenvalue weighted by atomic mass is 35.5. The highest BCUT2D eigenvalue weighted by Crippen LogP contribution is 2.46. The van der Waals surface area contributed by atoms with Crippen molar-refractivity contribution in [3.63, 3.8) is 0 Å². The molecule has 3 aromatic carbocycles. The van der Waals surface area contributed by atoms with Gasteiger partial charge in [0, 0.05) is 10.6 Å². The van der Waals surface area contributed by atoms with E-state index < -0.39 is 17.7 Å². The average Bonchev–Trinajstić information content (AvgIpc) is 3.42. The summed E-state index contributed by atoms with van der Waals surface area (Å²) in [5, 5.41) is 12.1. The molecule has 0 bridgehead atoms. The number of rotatable bonds is 5. The Kier molecular flexibility index (Phi) is 6.39. The highest BCUT2D eigenvalue weighted by Gasteiger charge is 2.48.